The highest BCUT2D eigenvalue weighted by atomic mass is 32.2. The van der Waals surface area contributed by atoms with E-state index in [1.807, 2.05) is 6.26 Å². The number of thioether (sulfide) groups is 1. The first-order valence-electron chi connectivity index (χ1n) is 6.46. The van der Waals surface area contributed by atoms with E-state index in [1.54, 1.807) is 11.8 Å². The highest BCUT2D eigenvalue weighted by Gasteiger charge is 2.03. The number of hydrogen-bond acceptors (Lipinski definition) is 6. The third kappa shape index (κ3) is 13.3. The average molecular weight is 292 g/mol. The Kier molecular flexibility index (Phi) is 12.8. The molecular formula is C12H24N2O4S. The third-order valence-electron chi connectivity index (χ3n) is 2.09. The molecule has 0 spiro atoms. The molecule has 1 amide bonds. The highest BCUT2D eigenvalue weighted by Crippen LogP contribution is 1.90. The lowest BCUT2D eigenvalue weighted by atomic mass is 10.4. The molecule has 0 fully saturated rings. The van der Waals surface area contributed by atoms with Gasteiger partial charge in [-0.05, 0) is 19.2 Å². The lowest BCUT2D eigenvalue weighted by Gasteiger charge is -2.07. The lowest BCUT2D eigenvalue weighted by Crippen LogP contribution is -2.29. The Labute approximate surface area is 119 Å². The van der Waals surface area contributed by atoms with Crippen molar-refractivity contribution in [3.63, 3.8) is 0 Å². The quantitative estimate of drug-likeness (QED) is 0.437. The maximum Gasteiger partial charge on any atom is 0.407 e. The number of alkyl carbamates (subject to hydrolysis) is 1. The predicted molar refractivity (Wildman–Crippen MR) is 76.5 cm³/mol. The fourth-order valence-corrected chi connectivity index (χ4v) is 1.40. The molecule has 0 unspecified atom stereocenters. The number of carbonyl (C=O) groups excluding carboxylic acids is 2. The number of hydrogen-bond donors (Lipinski definition) is 2. The van der Waals surface area contributed by atoms with Crippen molar-refractivity contribution in [1.82, 2.24) is 10.6 Å². The summed E-state index contributed by atoms with van der Waals surface area (Å²) in [5.41, 5.74) is 0. The first kappa shape index (κ1) is 18.0. The van der Waals surface area contributed by atoms with Crippen LogP contribution in [-0.2, 0) is 14.3 Å². The molecule has 0 saturated carbocycles. The van der Waals surface area contributed by atoms with Crippen LogP contribution in [0.5, 0.6) is 0 Å². The van der Waals surface area contributed by atoms with Crippen molar-refractivity contribution in [3.05, 3.63) is 0 Å². The van der Waals surface area contributed by atoms with Crippen molar-refractivity contribution in [2.24, 2.45) is 0 Å². The highest BCUT2D eigenvalue weighted by molar-refractivity contribution is 7.98. The van der Waals surface area contributed by atoms with Crippen molar-refractivity contribution in [3.8, 4) is 0 Å². The van der Waals surface area contributed by atoms with Gasteiger partial charge in [0.05, 0.1) is 13.0 Å². The second kappa shape index (κ2) is 13.5. The van der Waals surface area contributed by atoms with Gasteiger partial charge in [0, 0.05) is 12.3 Å². The molecule has 0 aliphatic carbocycles. The van der Waals surface area contributed by atoms with Gasteiger partial charge in [0.15, 0.2) is 0 Å². The van der Waals surface area contributed by atoms with E-state index in [9.17, 15) is 9.59 Å². The first-order valence-corrected chi connectivity index (χ1v) is 7.86. The lowest BCUT2D eigenvalue weighted by molar-refractivity contribution is -0.143. The van der Waals surface area contributed by atoms with Crippen LogP contribution in [0.25, 0.3) is 0 Å². The number of esters is 1. The minimum Gasteiger partial charge on any atom is -0.464 e. The first-order chi connectivity index (χ1) is 9.20. The van der Waals surface area contributed by atoms with Crippen LogP contribution in [0.3, 0.4) is 0 Å². The Morgan fingerprint density at radius 2 is 1.89 bits per heavy atom. The topological polar surface area (TPSA) is 76.7 Å². The van der Waals surface area contributed by atoms with E-state index in [2.05, 4.69) is 17.6 Å². The molecule has 0 heterocycles. The van der Waals surface area contributed by atoms with Crippen LogP contribution in [0.15, 0.2) is 0 Å². The molecule has 0 radical (unpaired) electrons. The minimum atomic E-state index is -0.477. The largest absolute Gasteiger partial charge is 0.464 e. The maximum absolute atomic E-state index is 11.3. The van der Waals surface area contributed by atoms with Gasteiger partial charge in [-0.15, -0.1) is 0 Å². The summed E-state index contributed by atoms with van der Waals surface area (Å²) >= 11 is 1.61. The summed E-state index contributed by atoms with van der Waals surface area (Å²) in [6.07, 6.45) is 2.85. The fraction of sp³-hybridized carbons (Fsp3) is 0.833. The van der Waals surface area contributed by atoms with Crippen molar-refractivity contribution in [1.29, 1.82) is 0 Å². The van der Waals surface area contributed by atoms with E-state index in [4.69, 9.17) is 9.47 Å². The van der Waals surface area contributed by atoms with Crippen LogP contribution in [0.2, 0.25) is 0 Å². The van der Waals surface area contributed by atoms with E-state index in [0.29, 0.717) is 19.6 Å². The Balaban J connectivity index is 3.32. The van der Waals surface area contributed by atoms with Gasteiger partial charge >= 0.3 is 12.1 Å². The second-order valence-electron chi connectivity index (χ2n) is 3.78. The van der Waals surface area contributed by atoms with E-state index >= 15 is 0 Å². The van der Waals surface area contributed by atoms with Crippen molar-refractivity contribution >= 4 is 23.8 Å². The van der Waals surface area contributed by atoms with Crippen molar-refractivity contribution in [2.45, 2.75) is 19.8 Å². The van der Waals surface area contributed by atoms with Crippen molar-refractivity contribution in [2.75, 3.05) is 44.9 Å². The number of rotatable bonds is 11. The molecule has 0 aromatic carbocycles. The van der Waals surface area contributed by atoms with Crippen LogP contribution in [0, 0.1) is 0 Å². The summed E-state index contributed by atoms with van der Waals surface area (Å²) in [5, 5.41) is 5.62. The zero-order valence-corrected chi connectivity index (χ0v) is 12.5. The predicted octanol–water partition coefficient (Wildman–Crippen LogP) is 1.01. The van der Waals surface area contributed by atoms with Gasteiger partial charge in [-0.3, -0.25) is 4.79 Å². The molecule has 0 saturated heterocycles. The summed E-state index contributed by atoms with van der Waals surface area (Å²) < 4.78 is 9.80. The van der Waals surface area contributed by atoms with E-state index < -0.39 is 6.09 Å². The summed E-state index contributed by atoms with van der Waals surface area (Å²) in [4.78, 5) is 22.4. The maximum atomic E-state index is 11.3. The average Bonchev–Trinajstić information content (AvgIpc) is 2.40. The molecule has 0 atom stereocenters. The molecule has 0 aromatic heterocycles. The molecule has 0 aliphatic heterocycles. The molecule has 112 valence electrons. The van der Waals surface area contributed by atoms with Crippen LogP contribution in [-0.4, -0.2) is 56.9 Å². The Morgan fingerprint density at radius 1 is 1.11 bits per heavy atom. The second-order valence-corrected chi connectivity index (χ2v) is 4.76. The minimum absolute atomic E-state index is 0.171. The van der Waals surface area contributed by atoms with E-state index in [-0.39, 0.29) is 19.1 Å². The van der Waals surface area contributed by atoms with Crippen molar-refractivity contribution < 1.29 is 19.1 Å². The number of nitrogens with one attached hydrogen (secondary N) is 2. The van der Waals surface area contributed by atoms with Crippen LogP contribution in [0.4, 0.5) is 4.79 Å². The summed E-state index contributed by atoms with van der Waals surface area (Å²) in [5.74, 6) is 0.508. The molecule has 6 nitrogen and oxygen atoms in total. The SMILES string of the molecule is CCCNCCC(=O)OCCNC(=O)OCCSC. The molecule has 0 rings (SSSR count). The number of carbonyl (C=O) groups is 2. The molecule has 19 heavy (non-hydrogen) atoms. The summed E-state index contributed by atoms with van der Waals surface area (Å²) in [7, 11) is 0. The molecule has 0 aliphatic rings. The number of amides is 1. The van der Waals surface area contributed by atoms with Gasteiger partial charge in [-0.25, -0.2) is 4.79 Å². The zero-order valence-electron chi connectivity index (χ0n) is 11.7. The molecule has 7 heteroatoms. The van der Waals surface area contributed by atoms with Gasteiger partial charge in [0.25, 0.3) is 0 Å². The standard InChI is InChI=1S/C12H24N2O4S/c1-3-5-13-6-4-11(15)17-8-7-14-12(16)18-9-10-19-2/h13H,3-10H2,1-2H3,(H,14,16). The van der Waals surface area contributed by atoms with Crippen LogP contribution in [0.1, 0.15) is 19.8 Å². The van der Waals surface area contributed by atoms with Gasteiger partial charge in [0.2, 0.25) is 0 Å². The van der Waals surface area contributed by atoms with Crippen LogP contribution >= 0.6 is 11.8 Å². The van der Waals surface area contributed by atoms with E-state index in [0.717, 1.165) is 18.7 Å². The monoisotopic (exact) mass is 292 g/mol. The van der Waals surface area contributed by atoms with Gasteiger partial charge in [0.1, 0.15) is 13.2 Å². The molecule has 0 bridgehead atoms. The smallest absolute Gasteiger partial charge is 0.407 e. The molecule has 0 aromatic rings. The van der Waals surface area contributed by atoms with Gasteiger partial charge in [-0.1, -0.05) is 6.92 Å². The Morgan fingerprint density at radius 3 is 2.58 bits per heavy atom. The van der Waals surface area contributed by atoms with E-state index in [1.165, 1.54) is 0 Å². The summed E-state index contributed by atoms with van der Waals surface area (Å²) in [6, 6.07) is 0. The van der Waals surface area contributed by atoms with Gasteiger partial charge < -0.3 is 20.1 Å². The Hall–Kier alpha value is -0.950. The molecular weight excluding hydrogens is 268 g/mol. The fourth-order valence-electron chi connectivity index (χ4n) is 1.15. The number of ether oxygens (including phenoxy) is 2. The van der Waals surface area contributed by atoms with Gasteiger partial charge in [-0.2, -0.15) is 11.8 Å². The summed E-state index contributed by atoms with van der Waals surface area (Å²) in [6.45, 7) is 4.41. The zero-order chi connectivity index (χ0) is 14.3. The van der Waals surface area contributed by atoms with Crippen LogP contribution < -0.4 is 10.6 Å². The third-order valence-corrected chi connectivity index (χ3v) is 2.66. The normalized spacial score (nSPS) is 10.0. The Bertz CT molecular complexity index is 252. The molecule has 2 N–H and O–H groups in total.